The maximum atomic E-state index is 5.73. The first-order valence-electron chi connectivity index (χ1n) is 6.90. The molecule has 2 unspecified atom stereocenters. The Hall–Kier alpha value is -0.920. The maximum Gasteiger partial charge on any atom is 0.0644 e. The quantitative estimate of drug-likeness (QED) is 0.457. The molecule has 1 heterocycles. The Morgan fingerprint density at radius 3 is 2.75 bits per heavy atom. The molecule has 0 saturated heterocycles. The van der Waals surface area contributed by atoms with E-state index < -0.39 is 0 Å². The highest BCUT2D eigenvalue weighted by Gasteiger charge is 2.15. The number of nitrogens with two attached hydrogens (primary N) is 1. The zero-order chi connectivity index (χ0) is 14.5. The van der Waals surface area contributed by atoms with Crippen molar-refractivity contribution in [1.29, 1.82) is 0 Å². The van der Waals surface area contributed by atoms with E-state index in [1.165, 1.54) is 9.13 Å². The molecule has 1 aromatic carbocycles. The summed E-state index contributed by atoms with van der Waals surface area (Å²) >= 11 is 2.34. The van der Waals surface area contributed by atoms with Gasteiger partial charge in [-0.25, -0.2) is 0 Å². The van der Waals surface area contributed by atoms with Crippen LogP contribution < -0.4 is 11.3 Å². The van der Waals surface area contributed by atoms with Crippen LogP contribution in [-0.4, -0.2) is 9.78 Å². The molecule has 0 bridgehead atoms. The summed E-state index contributed by atoms with van der Waals surface area (Å²) in [5.74, 6) is 5.73. The molecule has 2 atom stereocenters. The first-order valence-corrected chi connectivity index (χ1v) is 7.98. The summed E-state index contributed by atoms with van der Waals surface area (Å²) in [5, 5.41) is 4.64. The van der Waals surface area contributed by atoms with Gasteiger partial charge in [0.2, 0.25) is 0 Å². The third kappa shape index (κ3) is 3.59. The van der Waals surface area contributed by atoms with Crippen LogP contribution >= 0.6 is 22.6 Å². The molecule has 0 saturated carbocycles. The highest BCUT2D eigenvalue weighted by molar-refractivity contribution is 14.1. The van der Waals surface area contributed by atoms with E-state index in [-0.39, 0.29) is 6.04 Å². The molecule has 108 valence electrons. The topological polar surface area (TPSA) is 55.9 Å². The predicted octanol–water partition coefficient (Wildman–Crippen LogP) is 3.21. The first kappa shape index (κ1) is 15.5. The summed E-state index contributed by atoms with van der Waals surface area (Å²) in [4.78, 5) is 0. The Balaban J connectivity index is 2.15. The van der Waals surface area contributed by atoms with Gasteiger partial charge in [-0.15, -0.1) is 0 Å². The Labute approximate surface area is 133 Å². The number of hydrogen-bond acceptors (Lipinski definition) is 3. The zero-order valence-electron chi connectivity index (χ0n) is 11.9. The standard InChI is InChI=1S/C15H21IN4/c1-3-11(2)20-9-8-12(19-20)10-15(18-17)13-6-4-5-7-14(13)16/h4-9,11,15,18H,3,10,17H2,1-2H3. The molecule has 20 heavy (non-hydrogen) atoms. The van der Waals surface area contributed by atoms with E-state index in [1.54, 1.807) is 0 Å². The fourth-order valence-electron chi connectivity index (χ4n) is 2.14. The molecular formula is C15H21IN4. The lowest BCUT2D eigenvalue weighted by Gasteiger charge is -2.17. The highest BCUT2D eigenvalue weighted by Crippen LogP contribution is 2.22. The SMILES string of the molecule is CCC(C)n1ccc(CC(NN)c2ccccc2I)n1. The second kappa shape index (κ2) is 7.19. The zero-order valence-corrected chi connectivity index (χ0v) is 14.0. The summed E-state index contributed by atoms with van der Waals surface area (Å²) in [6.45, 7) is 4.35. The lowest BCUT2D eigenvalue weighted by atomic mass is 10.0. The number of nitrogens with one attached hydrogen (secondary N) is 1. The van der Waals surface area contributed by atoms with Crippen LogP contribution in [0.1, 0.15) is 43.6 Å². The van der Waals surface area contributed by atoms with Crippen LogP contribution in [0.2, 0.25) is 0 Å². The second-order valence-electron chi connectivity index (χ2n) is 4.99. The third-order valence-corrected chi connectivity index (χ3v) is 4.58. The van der Waals surface area contributed by atoms with Crippen molar-refractivity contribution in [3.8, 4) is 0 Å². The van der Waals surface area contributed by atoms with E-state index in [0.29, 0.717) is 6.04 Å². The van der Waals surface area contributed by atoms with E-state index in [0.717, 1.165) is 18.5 Å². The number of rotatable bonds is 6. The minimum atomic E-state index is 0.0865. The molecular weight excluding hydrogens is 363 g/mol. The van der Waals surface area contributed by atoms with Gasteiger partial charge < -0.3 is 0 Å². The van der Waals surface area contributed by atoms with Crippen LogP contribution in [0, 0.1) is 3.57 Å². The van der Waals surface area contributed by atoms with Gasteiger partial charge >= 0.3 is 0 Å². The van der Waals surface area contributed by atoms with Crippen molar-refractivity contribution in [3.05, 3.63) is 51.4 Å². The van der Waals surface area contributed by atoms with Crippen molar-refractivity contribution in [2.75, 3.05) is 0 Å². The molecule has 3 N–H and O–H groups in total. The summed E-state index contributed by atoms with van der Waals surface area (Å²) in [6, 6.07) is 10.9. The van der Waals surface area contributed by atoms with Crippen LogP contribution in [0.4, 0.5) is 0 Å². The minimum absolute atomic E-state index is 0.0865. The van der Waals surface area contributed by atoms with Crippen molar-refractivity contribution < 1.29 is 0 Å². The van der Waals surface area contributed by atoms with E-state index in [4.69, 9.17) is 5.84 Å². The Morgan fingerprint density at radius 1 is 1.35 bits per heavy atom. The maximum absolute atomic E-state index is 5.73. The number of benzene rings is 1. The molecule has 2 rings (SSSR count). The third-order valence-electron chi connectivity index (χ3n) is 3.60. The summed E-state index contributed by atoms with van der Waals surface area (Å²) < 4.78 is 3.24. The predicted molar refractivity (Wildman–Crippen MR) is 90.2 cm³/mol. The average Bonchev–Trinajstić information content (AvgIpc) is 2.93. The van der Waals surface area contributed by atoms with Gasteiger partial charge in [-0.3, -0.25) is 16.0 Å². The van der Waals surface area contributed by atoms with Crippen molar-refractivity contribution in [3.63, 3.8) is 0 Å². The molecule has 0 fully saturated rings. The van der Waals surface area contributed by atoms with Crippen LogP contribution in [-0.2, 0) is 6.42 Å². The Kier molecular flexibility index (Phi) is 5.56. The van der Waals surface area contributed by atoms with Crippen LogP contribution in [0.15, 0.2) is 36.5 Å². The van der Waals surface area contributed by atoms with E-state index >= 15 is 0 Å². The molecule has 0 aliphatic heterocycles. The van der Waals surface area contributed by atoms with Gasteiger partial charge in [-0.1, -0.05) is 25.1 Å². The van der Waals surface area contributed by atoms with Gasteiger partial charge in [0.15, 0.2) is 0 Å². The van der Waals surface area contributed by atoms with Crippen molar-refractivity contribution in [2.45, 2.75) is 38.8 Å². The Morgan fingerprint density at radius 2 is 2.10 bits per heavy atom. The molecule has 4 nitrogen and oxygen atoms in total. The highest BCUT2D eigenvalue weighted by atomic mass is 127. The van der Waals surface area contributed by atoms with Crippen LogP contribution in [0.25, 0.3) is 0 Å². The number of hydrogen-bond donors (Lipinski definition) is 2. The molecule has 0 aliphatic carbocycles. The smallest absolute Gasteiger partial charge is 0.0644 e. The van der Waals surface area contributed by atoms with Gasteiger partial charge in [-0.05, 0) is 53.6 Å². The summed E-state index contributed by atoms with van der Waals surface area (Å²) in [6.07, 6.45) is 3.92. The summed E-state index contributed by atoms with van der Waals surface area (Å²) in [7, 11) is 0. The van der Waals surface area contributed by atoms with Gasteiger partial charge in [0.25, 0.3) is 0 Å². The largest absolute Gasteiger partial charge is 0.271 e. The van der Waals surface area contributed by atoms with Crippen molar-refractivity contribution in [2.24, 2.45) is 5.84 Å². The fourth-order valence-corrected chi connectivity index (χ4v) is 2.91. The summed E-state index contributed by atoms with van der Waals surface area (Å²) in [5.41, 5.74) is 5.19. The molecule has 0 spiro atoms. The van der Waals surface area contributed by atoms with Gasteiger partial charge in [0.1, 0.15) is 0 Å². The van der Waals surface area contributed by atoms with Crippen LogP contribution in [0.5, 0.6) is 0 Å². The fraction of sp³-hybridized carbons (Fsp3) is 0.400. The second-order valence-corrected chi connectivity index (χ2v) is 6.15. The molecule has 1 aromatic heterocycles. The average molecular weight is 384 g/mol. The molecule has 5 heteroatoms. The van der Waals surface area contributed by atoms with Gasteiger partial charge in [-0.2, -0.15) is 5.10 Å². The van der Waals surface area contributed by atoms with Crippen LogP contribution in [0.3, 0.4) is 0 Å². The number of hydrazine groups is 1. The van der Waals surface area contributed by atoms with Gasteiger partial charge in [0, 0.05) is 22.2 Å². The van der Waals surface area contributed by atoms with Crippen molar-refractivity contribution >= 4 is 22.6 Å². The Bertz CT molecular complexity index is 552. The van der Waals surface area contributed by atoms with E-state index in [1.807, 2.05) is 23.0 Å². The number of aromatic nitrogens is 2. The number of nitrogens with zero attached hydrogens (tertiary/aromatic N) is 2. The monoisotopic (exact) mass is 384 g/mol. The van der Waals surface area contributed by atoms with Gasteiger partial charge in [0.05, 0.1) is 11.7 Å². The lowest BCUT2D eigenvalue weighted by molar-refractivity contribution is 0.467. The first-order chi connectivity index (χ1) is 9.65. The normalized spacial score (nSPS) is 14.2. The molecule has 0 radical (unpaired) electrons. The molecule has 0 aliphatic rings. The van der Waals surface area contributed by atoms with E-state index in [2.05, 4.69) is 65.2 Å². The molecule has 2 aromatic rings. The number of halogens is 1. The van der Waals surface area contributed by atoms with Crippen molar-refractivity contribution in [1.82, 2.24) is 15.2 Å². The lowest BCUT2D eigenvalue weighted by Crippen LogP contribution is -2.30. The van der Waals surface area contributed by atoms with E-state index in [9.17, 15) is 0 Å². The molecule has 0 amide bonds. The minimum Gasteiger partial charge on any atom is -0.271 e.